The van der Waals surface area contributed by atoms with Gasteiger partial charge in [-0.15, -0.1) is 0 Å². The van der Waals surface area contributed by atoms with Crippen LogP contribution in [-0.2, 0) is 15.9 Å². The maximum atomic E-state index is 8.32. The third kappa shape index (κ3) is 3.52. The summed E-state index contributed by atoms with van der Waals surface area (Å²) >= 11 is 0. The maximum Gasteiger partial charge on any atom is 0.222 e. The second kappa shape index (κ2) is 6.88. The van der Waals surface area contributed by atoms with Crippen LogP contribution in [0.25, 0.3) is 0 Å². The Kier molecular flexibility index (Phi) is 5.16. The Morgan fingerprint density at radius 2 is 1.90 bits per heavy atom. The molecule has 8 nitrogen and oxygen atoms in total. The smallest absolute Gasteiger partial charge is 0.222 e. The first kappa shape index (κ1) is 15.7. The summed E-state index contributed by atoms with van der Waals surface area (Å²) in [6.45, 7) is 4.13. The van der Waals surface area contributed by atoms with Gasteiger partial charge in [0.05, 0.1) is 32.2 Å². The van der Waals surface area contributed by atoms with Crippen LogP contribution in [0, 0.1) is 0 Å². The van der Waals surface area contributed by atoms with Gasteiger partial charge in [-0.1, -0.05) is 6.92 Å². The third-order valence-corrected chi connectivity index (χ3v) is 3.30. The lowest BCUT2D eigenvalue weighted by atomic mass is 10.2. The van der Waals surface area contributed by atoms with E-state index in [2.05, 4.69) is 26.7 Å². The molecule has 3 N–H and O–H groups in total. The molecule has 118 valence electrons. The number of ether oxygens (including phenoxy) is 2. The number of hydrogen-bond donors (Lipinski definition) is 2. The Morgan fingerprint density at radius 3 is 2.43 bits per heavy atom. The summed E-state index contributed by atoms with van der Waals surface area (Å²) in [5.74, 6) is 1.31. The van der Waals surface area contributed by atoms with E-state index in [1.165, 1.54) is 0 Å². The standard InChI is InChI=1S/C9H15N5.C4H8O3/c1-4-6-7-8(12-9(10)11-6)14(3)5-13(7)2;5-3-4-6-1-2-7-4/h4-5H2,1-3H3,(H2,10,11,12);4-5H,1-3H2. The lowest BCUT2D eigenvalue weighted by Gasteiger charge is -2.12. The number of aliphatic hydroxyl groups excluding tert-OH is 1. The lowest BCUT2D eigenvalue weighted by molar-refractivity contribution is -0.0747. The highest BCUT2D eigenvalue weighted by Crippen LogP contribution is 2.35. The van der Waals surface area contributed by atoms with E-state index < -0.39 is 0 Å². The molecule has 1 aromatic heterocycles. The zero-order chi connectivity index (χ0) is 15.4. The van der Waals surface area contributed by atoms with Crippen molar-refractivity contribution in [3.63, 3.8) is 0 Å². The molecule has 8 heteroatoms. The Balaban J connectivity index is 0.000000194. The summed E-state index contributed by atoms with van der Waals surface area (Å²) in [6, 6.07) is 0. The zero-order valence-electron chi connectivity index (χ0n) is 12.7. The number of rotatable bonds is 2. The molecule has 0 radical (unpaired) electrons. The molecule has 1 saturated heterocycles. The number of hydrogen-bond acceptors (Lipinski definition) is 8. The Labute approximate surface area is 124 Å². The summed E-state index contributed by atoms with van der Waals surface area (Å²) in [7, 11) is 4.05. The van der Waals surface area contributed by atoms with Gasteiger partial charge in [0, 0.05) is 14.1 Å². The van der Waals surface area contributed by atoms with Gasteiger partial charge in [-0.3, -0.25) is 0 Å². The number of aromatic nitrogens is 2. The van der Waals surface area contributed by atoms with Crippen molar-refractivity contribution in [1.29, 1.82) is 0 Å². The topological polar surface area (TPSA) is 97.0 Å². The molecule has 1 aromatic rings. The summed E-state index contributed by atoms with van der Waals surface area (Å²) in [4.78, 5) is 12.7. The predicted molar refractivity (Wildman–Crippen MR) is 80.3 cm³/mol. The number of anilines is 3. The molecule has 21 heavy (non-hydrogen) atoms. The van der Waals surface area contributed by atoms with Gasteiger partial charge in [-0.05, 0) is 6.42 Å². The highest BCUT2D eigenvalue weighted by atomic mass is 16.7. The van der Waals surface area contributed by atoms with Crippen molar-refractivity contribution in [3.05, 3.63) is 5.69 Å². The Hall–Kier alpha value is -1.64. The van der Waals surface area contributed by atoms with E-state index in [4.69, 9.17) is 20.3 Å². The van der Waals surface area contributed by atoms with Crippen LogP contribution in [0.4, 0.5) is 17.5 Å². The average molecular weight is 297 g/mol. The predicted octanol–water partition coefficient (Wildman–Crippen LogP) is -0.184. The lowest BCUT2D eigenvalue weighted by Crippen LogP contribution is -2.24. The number of aliphatic hydroxyl groups is 1. The summed E-state index contributed by atoms with van der Waals surface area (Å²) in [5, 5.41) is 8.32. The van der Waals surface area contributed by atoms with Gasteiger partial charge < -0.3 is 30.1 Å². The van der Waals surface area contributed by atoms with Crippen LogP contribution in [0.2, 0.25) is 0 Å². The van der Waals surface area contributed by atoms with Crippen molar-refractivity contribution in [2.45, 2.75) is 19.6 Å². The molecule has 0 saturated carbocycles. The molecule has 0 bridgehead atoms. The van der Waals surface area contributed by atoms with E-state index in [0.717, 1.165) is 30.3 Å². The fraction of sp³-hybridized carbons (Fsp3) is 0.692. The van der Waals surface area contributed by atoms with Gasteiger partial charge in [0.1, 0.15) is 5.69 Å². The second-order valence-electron chi connectivity index (χ2n) is 4.95. The van der Waals surface area contributed by atoms with Gasteiger partial charge in [0.15, 0.2) is 12.1 Å². The summed E-state index contributed by atoms with van der Waals surface area (Å²) in [5.41, 5.74) is 7.79. The van der Waals surface area contributed by atoms with Crippen LogP contribution in [0.15, 0.2) is 0 Å². The van der Waals surface area contributed by atoms with Crippen LogP contribution in [0.3, 0.4) is 0 Å². The Morgan fingerprint density at radius 1 is 1.24 bits per heavy atom. The Bertz CT molecular complexity index is 479. The number of aryl methyl sites for hydroxylation is 1. The molecule has 0 aliphatic carbocycles. The number of nitrogen functional groups attached to an aromatic ring is 1. The van der Waals surface area contributed by atoms with Crippen LogP contribution in [-0.4, -0.2) is 61.9 Å². The average Bonchev–Trinajstić information content (AvgIpc) is 3.08. The summed E-state index contributed by atoms with van der Waals surface area (Å²) < 4.78 is 9.66. The van der Waals surface area contributed by atoms with Crippen LogP contribution in [0.5, 0.6) is 0 Å². The fourth-order valence-corrected chi connectivity index (χ4v) is 2.38. The quantitative estimate of drug-likeness (QED) is 0.776. The van der Waals surface area contributed by atoms with E-state index in [-0.39, 0.29) is 12.9 Å². The maximum absolute atomic E-state index is 8.32. The fourth-order valence-electron chi connectivity index (χ4n) is 2.38. The molecule has 1 fully saturated rings. The SMILES string of the molecule is CCc1nc(N)nc2c1N(C)CN2C.OCC1OCCO1. The molecule has 0 aromatic carbocycles. The molecular formula is C13H23N5O3. The van der Waals surface area contributed by atoms with Crippen molar-refractivity contribution in [1.82, 2.24) is 9.97 Å². The molecule has 3 rings (SSSR count). The molecule has 0 amide bonds. The number of nitrogens with two attached hydrogens (primary N) is 1. The summed E-state index contributed by atoms with van der Waals surface area (Å²) in [6.07, 6.45) is 0.535. The van der Waals surface area contributed by atoms with Gasteiger partial charge in [-0.2, -0.15) is 4.98 Å². The van der Waals surface area contributed by atoms with E-state index in [1.807, 2.05) is 14.1 Å². The van der Waals surface area contributed by atoms with Gasteiger partial charge in [0.25, 0.3) is 0 Å². The second-order valence-corrected chi connectivity index (χ2v) is 4.95. The first-order chi connectivity index (χ1) is 10.1. The van der Waals surface area contributed by atoms with Gasteiger partial charge >= 0.3 is 0 Å². The van der Waals surface area contributed by atoms with E-state index in [1.54, 1.807) is 0 Å². The monoisotopic (exact) mass is 297 g/mol. The molecular weight excluding hydrogens is 274 g/mol. The van der Waals surface area contributed by atoms with Crippen molar-refractivity contribution in [2.75, 3.05) is 56.1 Å². The van der Waals surface area contributed by atoms with Crippen molar-refractivity contribution in [2.24, 2.45) is 0 Å². The molecule has 0 unspecified atom stereocenters. The van der Waals surface area contributed by atoms with Gasteiger partial charge in [-0.25, -0.2) is 4.98 Å². The molecule has 3 heterocycles. The first-order valence-electron chi connectivity index (χ1n) is 6.99. The molecule has 0 spiro atoms. The minimum Gasteiger partial charge on any atom is -0.391 e. The van der Waals surface area contributed by atoms with E-state index >= 15 is 0 Å². The minimum absolute atomic E-state index is 0.0278. The van der Waals surface area contributed by atoms with Crippen LogP contribution in [0.1, 0.15) is 12.6 Å². The molecule has 2 aliphatic heterocycles. The minimum atomic E-state index is -0.347. The molecule has 0 atom stereocenters. The van der Waals surface area contributed by atoms with E-state index in [9.17, 15) is 0 Å². The number of nitrogens with zero attached hydrogens (tertiary/aromatic N) is 4. The first-order valence-corrected chi connectivity index (χ1v) is 6.99. The largest absolute Gasteiger partial charge is 0.391 e. The molecule has 2 aliphatic rings. The third-order valence-electron chi connectivity index (χ3n) is 3.30. The van der Waals surface area contributed by atoms with Gasteiger partial charge in [0.2, 0.25) is 5.95 Å². The van der Waals surface area contributed by atoms with E-state index in [0.29, 0.717) is 19.2 Å². The zero-order valence-corrected chi connectivity index (χ0v) is 12.7. The normalized spacial score (nSPS) is 17.7. The highest BCUT2D eigenvalue weighted by Gasteiger charge is 2.25. The van der Waals surface area contributed by atoms with Crippen LogP contribution < -0.4 is 15.5 Å². The van der Waals surface area contributed by atoms with Crippen molar-refractivity contribution >= 4 is 17.5 Å². The number of fused-ring (bicyclic) bond motifs is 1. The highest BCUT2D eigenvalue weighted by molar-refractivity contribution is 5.75. The van der Waals surface area contributed by atoms with Crippen LogP contribution >= 0.6 is 0 Å². The van der Waals surface area contributed by atoms with Crippen molar-refractivity contribution < 1.29 is 14.6 Å². The van der Waals surface area contributed by atoms with Crippen molar-refractivity contribution in [3.8, 4) is 0 Å².